The van der Waals surface area contributed by atoms with Crippen molar-refractivity contribution in [1.82, 2.24) is 5.43 Å². The molecule has 0 atom stereocenters. The van der Waals surface area contributed by atoms with Crippen LogP contribution in [0, 0.1) is 0 Å². The smallest absolute Gasteiger partial charge is 0.409 e. The van der Waals surface area contributed by atoms with Crippen LogP contribution in [0.5, 0.6) is 5.75 Å². The fourth-order valence-corrected chi connectivity index (χ4v) is 1.22. The second-order valence-electron chi connectivity index (χ2n) is 4.43. The summed E-state index contributed by atoms with van der Waals surface area (Å²) in [6.45, 7) is 9.49. The Morgan fingerprint density at radius 1 is 1.31 bits per heavy atom. The summed E-state index contributed by atoms with van der Waals surface area (Å²) in [6, 6.07) is 7.38. The minimum Gasteiger partial charge on any atom is -0.409 e. The van der Waals surface area contributed by atoms with Gasteiger partial charge in [-0.1, -0.05) is 32.9 Å². The average molecular weight is 220 g/mol. The van der Waals surface area contributed by atoms with Crippen molar-refractivity contribution in [1.29, 1.82) is 0 Å². The summed E-state index contributed by atoms with van der Waals surface area (Å²) in [5, 5.41) is 3.21. The first-order valence-electron chi connectivity index (χ1n) is 4.97. The third-order valence-electron chi connectivity index (χ3n) is 2.10. The van der Waals surface area contributed by atoms with E-state index in [2.05, 4.69) is 38.0 Å². The lowest BCUT2D eigenvalue weighted by Gasteiger charge is -2.18. The monoisotopic (exact) mass is 220 g/mol. The molecule has 0 fully saturated rings. The van der Waals surface area contributed by atoms with E-state index in [-0.39, 0.29) is 5.41 Å². The van der Waals surface area contributed by atoms with Crippen molar-refractivity contribution >= 4 is 12.8 Å². The van der Waals surface area contributed by atoms with Crippen LogP contribution >= 0.6 is 0 Å². The Labute approximate surface area is 95.3 Å². The van der Waals surface area contributed by atoms with Crippen LogP contribution in [-0.4, -0.2) is 12.8 Å². The minimum absolute atomic E-state index is 0.0868. The highest BCUT2D eigenvalue weighted by Gasteiger charge is 2.13. The van der Waals surface area contributed by atoms with E-state index in [1.165, 1.54) is 5.56 Å². The zero-order chi connectivity index (χ0) is 12.2. The summed E-state index contributed by atoms with van der Waals surface area (Å²) in [5.74, 6) is 0.481. The molecule has 4 nitrogen and oxygen atoms in total. The van der Waals surface area contributed by atoms with Gasteiger partial charge in [0.15, 0.2) is 0 Å². The van der Waals surface area contributed by atoms with Gasteiger partial charge in [0.25, 0.3) is 0 Å². The molecule has 0 saturated heterocycles. The van der Waals surface area contributed by atoms with Gasteiger partial charge in [0, 0.05) is 6.72 Å². The number of rotatable bonds is 2. The number of ether oxygens (including phenoxy) is 1. The average Bonchev–Trinajstić information content (AvgIpc) is 2.17. The fraction of sp³-hybridized carbons (Fsp3) is 0.333. The number of benzene rings is 1. The Morgan fingerprint density at radius 2 is 1.88 bits per heavy atom. The number of carbonyl (C=O) groups is 1. The lowest BCUT2D eigenvalue weighted by atomic mass is 9.87. The van der Waals surface area contributed by atoms with Gasteiger partial charge in [0.2, 0.25) is 0 Å². The molecule has 0 heterocycles. The first kappa shape index (κ1) is 12.2. The highest BCUT2D eigenvalue weighted by molar-refractivity contribution is 5.70. The van der Waals surface area contributed by atoms with E-state index in [9.17, 15) is 4.79 Å². The lowest BCUT2D eigenvalue weighted by Crippen LogP contribution is -2.21. The maximum Gasteiger partial charge on any atom is 0.433 e. The van der Waals surface area contributed by atoms with E-state index >= 15 is 0 Å². The Balaban J connectivity index is 2.72. The maximum atomic E-state index is 11.0. The molecule has 1 amide bonds. The number of hydrogen-bond acceptors (Lipinski definition) is 3. The van der Waals surface area contributed by atoms with Gasteiger partial charge >= 0.3 is 6.09 Å². The normalized spacial score (nSPS) is 10.7. The molecule has 0 radical (unpaired) electrons. The molecule has 0 spiro atoms. The molecule has 0 aromatic heterocycles. The predicted molar refractivity (Wildman–Crippen MR) is 63.9 cm³/mol. The van der Waals surface area contributed by atoms with Crippen LogP contribution in [-0.2, 0) is 5.41 Å². The van der Waals surface area contributed by atoms with Crippen LogP contribution < -0.4 is 10.2 Å². The molecule has 4 heteroatoms. The van der Waals surface area contributed by atoms with Gasteiger partial charge in [0.05, 0.1) is 0 Å². The van der Waals surface area contributed by atoms with Crippen molar-refractivity contribution in [2.75, 3.05) is 0 Å². The maximum absolute atomic E-state index is 11.0. The summed E-state index contributed by atoms with van der Waals surface area (Å²) in [7, 11) is 0. The largest absolute Gasteiger partial charge is 0.433 e. The number of hydrazone groups is 1. The second kappa shape index (κ2) is 4.79. The molecule has 16 heavy (non-hydrogen) atoms. The van der Waals surface area contributed by atoms with Gasteiger partial charge in [-0.05, 0) is 23.1 Å². The van der Waals surface area contributed by atoms with E-state index in [4.69, 9.17) is 4.74 Å². The molecule has 1 aromatic rings. The molecule has 0 aliphatic rings. The first-order chi connectivity index (χ1) is 7.43. The SMILES string of the molecule is C=NNC(=O)Oc1ccc(C(C)(C)C)cc1. The number of nitrogens with one attached hydrogen (secondary N) is 1. The van der Waals surface area contributed by atoms with Crippen LogP contribution in [0.15, 0.2) is 29.4 Å². The highest BCUT2D eigenvalue weighted by atomic mass is 16.6. The van der Waals surface area contributed by atoms with Crippen molar-refractivity contribution in [2.24, 2.45) is 5.10 Å². The summed E-state index contributed by atoms with van der Waals surface area (Å²) in [5.41, 5.74) is 3.36. The molecule has 1 aromatic carbocycles. The number of amides is 1. The second-order valence-corrected chi connectivity index (χ2v) is 4.43. The molecular formula is C12H16N2O2. The first-order valence-corrected chi connectivity index (χ1v) is 4.97. The van der Waals surface area contributed by atoms with E-state index in [0.29, 0.717) is 5.75 Å². The molecule has 1 rings (SSSR count). The van der Waals surface area contributed by atoms with Crippen LogP contribution in [0.3, 0.4) is 0 Å². The molecular weight excluding hydrogens is 204 g/mol. The number of hydrogen-bond donors (Lipinski definition) is 1. The fourth-order valence-electron chi connectivity index (χ4n) is 1.22. The van der Waals surface area contributed by atoms with Crippen LogP contribution in [0.25, 0.3) is 0 Å². The van der Waals surface area contributed by atoms with Crippen molar-refractivity contribution in [2.45, 2.75) is 26.2 Å². The third kappa shape index (κ3) is 3.38. The molecule has 0 unspecified atom stereocenters. The van der Waals surface area contributed by atoms with Crippen LogP contribution in [0.1, 0.15) is 26.3 Å². The molecule has 0 aliphatic heterocycles. The molecule has 0 aliphatic carbocycles. The number of carbonyl (C=O) groups excluding carboxylic acids is 1. The Bertz CT molecular complexity index is 377. The van der Waals surface area contributed by atoms with Crippen molar-refractivity contribution in [3.63, 3.8) is 0 Å². The van der Waals surface area contributed by atoms with E-state index in [1.54, 1.807) is 12.1 Å². The van der Waals surface area contributed by atoms with E-state index in [0.717, 1.165) is 0 Å². The third-order valence-corrected chi connectivity index (χ3v) is 2.10. The summed E-state index contributed by atoms with van der Waals surface area (Å²) < 4.78 is 4.94. The predicted octanol–water partition coefficient (Wildman–Crippen LogP) is 2.69. The lowest BCUT2D eigenvalue weighted by molar-refractivity contribution is 0.201. The highest BCUT2D eigenvalue weighted by Crippen LogP contribution is 2.24. The molecule has 1 N–H and O–H groups in total. The zero-order valence-electron chi connectivity index (χ0n) is 9.78. The Morgan fingerprint density at radius 3 is 2.31 bits per heavy atom. The van der Waals surface area contributed by atoms with Crippen molar-refractivity contribution < 1.29 is 9.53 Å². The molecule has 0 bridgehead atoms. The van der Waals surface area contributed by atoms with Crippen LogP contribution in [0.4, 0.5) is 4.79 Å². The van der Waals surface area contributed by atoms with Gasteiger partial charge in [-0.25, -0.2) is 10.2 Å². The standard InChI is InChI=1S/C12H16N2O2/c1-12(2,3)9-5-7-10(8-6-9)16-11(15)14-13-4/h5-8H,4H2,1-3H3,(H,14,15). The Kier molecular flexibility index (Phi) is 3.66. The quantitative estimate of drug-likeness (QED) is 0.615. The summed E-state index contributed by atoms with van der Waals surface area (Å²) in [4.78, 5) is 11.0. The zero-order valence-corrected chi connectivity index (χ0v) is 9.78. The van der Waals surface area contributed by atoms with Gasteiger partial charge in [0.1, 0.15) is 5.75 Å². The van der Waals surface area contributed by atoms with Gasteiger partial charge in [-0.3, -0.25) is 0 Å². The summed E-state index contributed by atoms with van der Waals surface area (Å²) >= 11 is 0. The minimum atomic E-state index is -0.640. The van der Waals surface area contributed by atoms with Crippen LogP contribution in [0.2, 0.25) is 0 Å². The van der Waals surface area contributed by atoms with Gasteiger partial charge in [-0.2, -0.15) is 5.10 Å². The van der Waals surface area contributed by atoms with Gasteiger partial charge in [-0.15, -0.1) is 0 Å². The topological polar surface area (TPSA) is 50.7 Å². The van der Waals surface area contributed by atoms with E-state index in [1.807, 2.05) is 12.1 Å². The van der Waals surface area contributed by atoms with Crippen molar-refractivity contribution in [3.05, 3.63) is 29.8 Å². The van der Waals surface area contributed by atoms with Gasteiger partial charge < -0.3 is 4.74 Å². The molecule has 0 saturated carbocycles. The Hall–Kier alpha value is -1.84. The molecule has 86 valence electrons. The number of nitrogens with zero attached hydrogens (tertiary/aromatic N) is 1. The van der Waals surface area contributed by atoms with E-state index < -0.39 is 6.09 Å². The van der Waals surface area contributed by atoms with Crippen molar-refractivity contribution in [3.8, 4) is 5.75 Å². The summed E-state index contributed by atoms with van der Waals surface area (Å²) in [6.07, 6.45) is -0.640.